The topological polar surface area (TPSA) is 63.0 Å². The minimum absolute atomic E-state index is 0.186. The van der Waals surface area contributed by atoms with Crippen molar-refractivity contribution in [2.45, 2.75) is 6.61 Å². The lowest BCUT2D eigenvalue weighted by Gasteiger charge is -2.05. The number of esters is 1. The van der Waals surface area contributed by atoms with E-state index in [0.29, 0.717) is 11.1 Å². The van der Waals surface area contributed by atoms with Gasteiger partial charge in [-0.1, -0.05) is 12.1 Å². The molecule has 0 unspecified atom stereocenters. The van der Waals surface area contributed by atoms with Crippen LogP contribution in [0.25, 0.3) is 10.2 Å². The Hall–Kier alpha value is -2.71. The molecule has 0 aliphatic carbocycles. The fourth-order valence-electron chi connectivity index (χ4n) is 1.89. The molecule has 4 nitrogen and oxygen atoms in total. The summed E-state index contributed by atoms with van der Waals surface area (Å²) in [5.74, 6) is -0.366. The fraction of sp³-hybridized carbons (Fsp3) is 0.0625. The summed E-state index contributed by atoms with van der Waals surface area (Å²) in [4.78, 5) is 16.2. The van der Waals surface area contributed by atoms with Crippen molar-refractivity contribution in [2.24, 2.45) is 0 Å². The molecule has 0 atom stereocenters. The van der Waals surface area contributed by atoms with Crippen molar-refractivity contribution in [2.75, 3.05) is 0 Å². The number of benzene rings is 2. The first kappa shape index (κ1) is 13.3. The third-order valence-corrected chi connectivity index (χ3v) is 3.81. The highest BCUT2D eigenvalue weighted by Gasteiger charge is 2.09. The van der Waals surface area contributed by atoms with Crippen molar-refractivity contribution in [3.8, 4) is 6.07 Å². The highest BCUT2D eigenvalue weighted by Crippen LogP contribution is 2.19. The van der Waals surface area contributed by atoms with Gasteiger partial charge >= 0.3 is 5.97 Å². The van der Waals surface area contributed by atoms with Crippen LogP contribution in [0.5, 0.6) is 0 Å². The lowest BCUT2D eigenvalue weighted by Crippen LogP contribution is -2.05. The molecular weight excluding hydrogens is 284 g/mol. The van der Waals surface area contributed by atoms with Gasteiger partial charge in [-0.3, -0.25) is 0 Å². The molecule has 0 radical (unpaired) electrons. The quantitative estimate of drug-likeness (QED) is 0.693. The van der Waals surface area contributed by atoms with Gasteiger partial charge in [-0.05, 0) is 35.9 Å². The van der Waals surface area contributed by atoms with E-state index in [4.69, 9.17) is 10.00 Å². The molecule has 1 heterocycles. The molecule has 0 spiro atoms. The summed E-state index contributed by atoms with van der Waals surface area (Å²) in [6.07, 6.45) is 0. The molecule has 0 saturated heterocycles. The van der Waals surface area contributed by atoms with Gasteiger partial charge in [0.2, 0.25) is 0 Å². The van der Waals surface area contributed by atoms with Gasteiger partial charge in [-0.15, -0.1) is 11.3 Å². The number of rotatable bonds is 3. The molecule has 3 aromatic rings. The summed E-state index contributed by atoms with van der Waals surface area (Å²) in [5.41, 5.74) is 4.57. The van der Waals surface area contributed by atoms with Crippen LogP contribution in [0.4, 0.5) is 0 Å². The van der Waals surface area contributed by atoms with Gasteiger partial charge in [0.15, 0.2) is 0 Å². The van der Waals surface area contributed by atoms with E-state index in [-0.39, 0.29) is 12.6 Å². The van der Waals surface area contributed by atoms with Gasteiger partial charge < -0.3 is 4.74 Å². The van der Waals surface area contributed by atoms with E-state index < -0.39 is 0 Å². The first-order valence-corrected chi connectivity index (χ1v) is 7.13. The standard InChI is InChI=1S/C16H10N2O2S/c17-8-11-1-3-12(4-2-11)9-20-16(19)13-5-6-14-15(7-13)21-10-18-14/h1-7,10H,9H2. The van der Waals surface area contributed by atoms with Gasteiger partial charge in [0.25, 0.3) is 0 Å². The van der Waals surface area contributed by atoms with Crippen molar-refractivity contribution in [3.63, 3.8) is 0 Å². The van der Waals surface area contributed by atoms with Gasteiger partial charge in [-0.2, -0.15) is 5.26 Å². The molecule has 0 aliphatic rings. The Morgan fingerprint density at radius 1 is 1.24 bits per heavy atom. The van der Waals surface area contributed by atoms with Crippen LogP contribution in [0.2, 0.25) is 0 Å². The zero-order chi connectivity index (χ0) is 14.7. The predicted octanol–water partition coefficient (Wildman–Crippen LogP) is 3.52. The van der Waals surface area contributed by atoms with Crippen LogP contribution < -0.4 is 0 Å². The molecule has 1 aromatic heterocycles. The SMILES string of the molecule is N#Cc1ccc(COC(=O)c2ccc3ncsc3c2)cc1. The van der Waals surface area contributed by atoms with Crippen LogP contribution >= 0.6 is 11.3 Å². The smallest absolute Gasteiger partial charge is 0.338 e. The number of aromatic nitrogens is 1. The van der Waals surface area contributed by atoms with Crippen LogP contribution in [0.15, 0.2) is 48.0 Å². The van der Waals surface area contributed by atoms with Crippen molar-refractivity contribution in [3.05, 3.63) is 64.7 Å². The first-order valence-electron chi connectivity index (χ1n) is 6.26. The Bertz CT molecular complexity index is 831. The second-order valence-electron chi connectivity index (χ2n) is 4.42. The van der Waals surface area contributed by atoms with Crippen LogP contribution in [-0.2, 0) is 11.3 Å². The zero-order valence-corrected chi connectivity index (χ0v) is 11.8. The molecule has 0 bridgehead atoms. The molecule has 0 fully saturated rings. The number of fused-ring (bicyclic) bond motifs is 1. The molecular formula is C16H10N2O2S. The summed E-state index contributed by atoms with van der Waals surface area (Å²) in [6.45, 7) is 0.186. The molecule has 2 aromatic carbocycles. The molecule has 3 rings (SSSR count). The molecule has 0 amide bonds. The maximum absolute atomic E-state index is 12.0. The minimum Gasteiger partial charge on any atom is -0.457 e. The Kier molecular flexibility index (Phi) is 3.63. The van der Waals surface area contributed by atoms with Crippen LogP contribution in [0.1, 0.15) is 21.5 Å². The normalized spacial score (nSPS) is 10.2. The van der Waals surface area contributed by atoms with Crippen molar-refractivity contribution in [1.82, 2.24) is 4.98 Å². The fourth-order valence-corrected chi connectivity index (χ4v) is 2.61. The van der Waals surface area contributed by atoms with Gasteiger partial charge in [0.1, 0.15) is 6.61 Å². The van der Waals surface area contributed by atoms with Crippen molar-refractivity contribution >= 4 is 27.5 Å². The second kappa shape index (κ2) is 5.73. The number of thiazole rings is 1. The van der Waals surface area contributed by atoms with Crippen LogP contribution in [0.3, 0.4) is 0 Å². The average Bonchev–Trinajstić information content (AvgIpc) is 3.00. The summed E-state index contributed by atoms with van der Waals surface area (Å²) < 4.78 is 6.24. The van der Waals surface area contributed by atoms with Crippen LogP contribution in [0, 0.1) is 11.3 Å². The van der Waals surface area contributed by atoms with Crippen LogP contribution in [-0.4, -0.2) is 11.0 Å². The maximum atomic E-state index is 12.0. The molecule has 5 heteroatoms. The second-order valence-corrected chi connectivity index (χ2v) is 5.31. The lowest BCUT2D eigenvalue weighted by molar-refractivity contribution is 0.0473. The van der Waals surface area contributed by atoms with Gasteiger partial charge in [0.05, 0.1) is 32.9 Å². The Morgan fingerprint density at radius 3 is 2.81 bits per heavy atom. The third-order valence-electron chi connectivity index (χ3n) is 3.02. The van der Waals surface area contributed by atoms with E-state index in [9.17, 15) is 4.79 Å². The predicted molar refractivity (Wildman–Crippen MR) is 79.9 cm³/mol. The number of nitriles is 1. The summed E-state index contributed by atoms with van der Waals surface area (Å²) in [7, 11) is 0. The lowest BCUT2D eigenvalue weighted by atomic mass is 10.1. The Balaban J connectivity index is 1.69. The number of nitrogens with zero attached hydrogens (tertiary/aromatic N) is 2. The van der Waals surface area contributed by atoms with Gasteiger partial charge in [-0.25, -0.2) is 9.78 Å². The zero-order valence-electron chi connectivity index (χ0n) is 10.9. The minimum atomic E-state index is -0.366. The summed E-state index contributed by atoms with van der Waals surface area (Å²) in [6, 6.07) is 14.3. The van der Waals surface area contributed by atoms with E-state index in [1.807, 2.05) is 12.1 Å². The van der Waals surface area contributed by atoms with Gasteiger partial charge in [0, 0.05) is 0 Å². The van der Waals surface area contributed by atoms with Crippen molar-refractivity contribution < 1.29 is 9.53 Å². The highest BCUT2D eigenvalue weighted by molar-refractivity contribution is 7.16. The van der Waals surface area contributed by atoms with Crippen molar-refractivity contribution in [1.29, 1.82) is 5.26 Å². The first-order chi connectivity index (χ1) is 10.3. The summed E-state index contributed by atoms with van der Waals surface area (Å²) in [5, 5.41) is 8.72. The Morgan fingerprint density at radius 2 is 2.05 bits per heavy atom. The average molecular weight is 294 g/mol. The largest absolute Gasteiger partial charge is 0.457 e. The number of carbonyl (C=O) groups excluding carboxylic acids is 1. The van der Waals surface area contributed by atoms with E-state index in [1.165, 1.54) is 11.3 Å². The molecule has 0 aliphatic heterocycles. The van der Waals surface area contributed by atoms with E-state index in [2.05, 4.69) is 4.98 Å². The van der Waals surface area contributed by atoms with E-state index in [0.717, 1.165) is 15.8 Å². The molecule has 0 saturated carbocycles. The molecule has 21 heavy (non-hydrogen) atoms. The number of carbonyl (C=O) groups is 1. The Labute approximate surface area is 125 Å². The number of hydrogen-bond acceptors (Lipinski definition) is 5. The monoisotopic (exact) mass is 294 g/mol. The highest BCUT2D eigenvalue weighted by atomic mass is 32.1. The molecule has 102 valence electrons. The summed E-state index contributed by atoms with van der Waals surface area (Å²) >= 11 is 1.49. The third kappa shape index (κ3) is 2.91. The van der Waals surface area contributed by atoms with E-state index in [1.54, 1.807) is 41.9 Å². The maximum Gasteiger partial charge on any atom is 0.338 e. The van der Waals surface area contributed by atoms with E-state index >= 15 is 0 Å². The molecule has 0 N–H and O–H groups in total. The number of hydrogen-bond donors (Lipinski definition) is 0. The number of ether oxygens (including phenoxy) is 1.